The van der Waals surface area contributed by atoms with Crippen molar-refractivity contribution in [3.05, 3.63) is 47.8 Å². The Labute approximate surface area is 255 Å². The summed E-state index contributed by atoms with van der Waals surface area (Å²) in [6.07, 6.45) is 8.74. The van der Waals surface area contributed by atoms with E-state index in [4.69, 9.17) is 9.05 Å². The van der Waals surface area contributed by atoms with Crippen LogP contribution >= 0.6 is 0 Å². The molecule has 4 aliphatic carbocycles. The summed E-state index contributed by atoms with van der Waals surface area (Å²) in [5, 5.41) is 8.32. The fourth-order valence-corrected chi connectivity index (χ4v) is 9.22. The summed E-state index contributed by atoms with van der Waals surface area (Å²) in [5.74, 6) is -2.04. The number of hydrogen-bond donors (Lipinski definition) is 0. The molecule has 4 saturated carbocycles. The van der Waals surface area contributed by atoms with Crippen LogP contribution in [0.2, 0.25) is 0 Å². The summed E-state index contributed by atoms with van der Waals surface area (Å²) >= 11 is 0. The Morgan fingerprint density at radius 1 is 0.977 bits per heavy atom. The molecule has 0 unspecified atom stereocenters. The molecule has 1 saturated heterocycles. The molecule has 9 nitrogen and oxygen atoms in total. The molecule has 236 valence electrons. The van der Waals surface area contributed by atoms with Crippen LogP contribution < -0.4 is 4.90 Å². The number of alkyl halides is 2. The van der Waals surface area contributed by atoms with Crippen LogP contribution in [0, 0.1) is 10.8 Å². The average Bonchev–Trinajstić information content (AvgIpc) is 3.50. The summed E-state index contributed by atoms with van der Waals surface area (Å²) < 4.78 is 62.8. The third-order valence-corrected chi connectivity index (χ3v) is 12.4. The number of halogens is 2. The minimum Gasteiger partial charge on any atom is -0.370 e. The lowest BCUT2D eigenvalue weighted by Crippen LogP contribution is -2.52. The molecule has 3 aromatic rings. The van der Waals surface area contributed by atoms with Gasteiger partial charge in [0.15, 0.2) is 5.82 Å². The number of carbonyl (C=O) groups excluding carboxylic acids is 1. The van der Waals surface area contributed by atoms with Gasteiger partial charge in [-0.1, -0.05) is 22.4 Å². The molecule has 2 bridgehead atoms. The number of fused-ring (bicyclic) bond motifs is 3. The van der Waals surface area contributed by atoms with Crippen molar-refractivity contribution in [2.24, 2.45) is 10.8 Å². The molecule has 1 aliphatic heterocycles. The third-order valence-electron chi connectivity index (χ3n) is 10.8. The maximum atomic E-state index is 13.8. The van der Waals surface area contributed by atoms with Gasteiger partial charge in [0, 0.05) is 54.1 Å². The van der Waals surface area contributed by atoms with E-state index in [0.717, 1.165) is 87.3 Å². The molecular weight excluding hydrogens is 590 g/mol. The van der Waals surface area contributed by atoms with Crippen molar-refractivity contribution >= 4 is 21.8 Å². The molecule has 2 aromatic heterocycles. The molecule has 0 atom stereocenters. The van der Waals surface area contributed by atoms with Crippen LogP contribution in [0.4, 0.5) is 14.5 Å². The molecule has 8 rings (SSSR count). The number of aromatic nitrogens is 3. The fraction of sp³-hybridized carbons (Fsp3) is 0.625. The smallest absolute Gasteiger partial charge is 0.322 e. The van der Waals surface area contributed by atoms with E-state index in [9.17, 15) is 22.0 Å². The number of hydrogen-bond acceptors (Lipinski definition) is 9. The van der Waals surface area contributed by atoms with Crippen molar-refractivity contribution in [3.63, 3.8) is 0 Å². The summed E-state index contributed by atoms with van der Waals surface area (Å²) in [6, 6.07) is 10.1. The lowest BCUT2D eigenvalue weighted by Gasteiger charge is -2.54. The highest BCUT2D eigenvalue weighted by molar-refractivity contribution is 7.91. The zero-order chi connectivity index (χ0) is 30.8. The number of sulfone groups is 1. The Morgan fingerprint density at radius 2 is 1.68 bits per heavy atom. The predicted molar refractivity (Wildman–Crippen MR) is 158 cm³/mol. The molecular formula is C32H38F2N4O5S. The fourth-order valence-electron chi connectivity index (χ4n) is 7.58. The van der Waals surface area contributed by atoms with E-state index in [-0.39, 0.29) is 22.3 Å². The average molecular weight is 629 g/mol. The number of carbonyl (C=O) groups is 1. The van der Waals surface area contributed by atoms with Crippen molar-refractivity contribution < 1.29 is 31.0 Å². The molecule has 0 radical (unpaired) electrons. The third kappa shape index (κ3) is 5.58. The van der Waals surface area contributed by atoms with Crippen molar-refractivity contribution in [2.75, 3.05) is 29.5 Å². The quantitative estimate of drug-likeness (QED) is 0.242. The van der Waals surface area contributed by atoms with Gasteiger partial charge in [0.25, 0.3) is 5.89 Å². The van der Waals surface area contributed by atoms with Crippen LogP contribution in [-0.4, -0.2) is 54.6 Å². The molecule has 3 heterocycles. The second-order valence-electron chi connectivity index (χ2n) is 14.0. The number of rotatable bonds is 10. The zero-order valence-electron chi connectivity index (χ0n) is 24.9. The van der Waals surface area contributed by atoms with Crippen molar-refractivity contribution in [2.45, 2.75) is 88.4 Å². The molecule has 0 N–H and O–H groups in total. The summed E-state index contributed by atoms with van der Waals surface area (Å²) in [7, 11) is -3.15. The number of anilines is 1. The molecule has 5 fully saturated rings. The van der Waals surface area contributed by atoms with Crippen LogP contribution in [0.3, 0.4) is 0 Å². The van der Waals surface area contributed by atoms with Gasteiger partial charge in [-0.25, -0.2) is 8.42 Å². The van der Waals surface area contributed by atoms with Gasteiger partial charge in [0.1, 0.15) is 27.6 Å². The molecule has 0 spiro atoms. The zero-order valence-corrected chi connectivity index (χ0v) is 25.8. The van der Waals surface area contributed by atoms with Crippen LogP contribution in [0.1, 0.15) is 94.5 Å². The van der Waals surface area contributed by atoms with Gasteiger partial charge in [-0.15, -0.1) is 0 Å². The molecule has 12 heteroatoms. The topological polar surface area (TPSA) is 119 Å². The second-order valence-corrected chi connectivity index (χ2v) is 16.3. The van der Waals surface area contributed by atoms with Crippen LogP contribution in [0.15, 0.2) is 39.4 Å². The van der Waals surface area contributed by atoms with E-state index in [1.165, 1.54) is 0 Å². The molecule has 0 amide bonds. The first-order chi connectivity index (χ1) is 20.9. The Kier molecular flexibility index (Phi) is 7.02. The lowest BCUT2D eigenvalue weighted by atomic mass is 9.53. The van der Waals surface area contributed by atoms with E-state index in [1.54, 1.807) is 0 Å². The Morgan fingerprint density at radius 3 is 2.30 bits per heavy atom. The lowest BCUT2D eigenvalue weighted by molar-refractivity contribution is -0.116. The minimum absolute atomic E-state index is 0.0136. The molecule has 1 aromatic carbocycles. The number of benzene rings is 1. The maximum absolute atomic E-state index is 13.8. The molecule has 5 aliphatic rings. The summed E-state index contributed by atoms with van der Waals surface area (Å²) in [4.78, 5) is 19.0. The monoisotopic (exact) mass is 628 g/mol. The molecule has 44 heavy (non-hydrogen) atoms. The first-order valence-corrected chi connectivity index (χ1v) is 17.4. The Hall–Kier alpha value is -3.15. The van der Waals surface area contributed by atoms with E-state index in [1.807, 2.05) is 24.3 Å². The minimum atomic E-state index is -3.18. The van der Waals surface area contributed by atoms with Crippen molar-refractivity contribution in [1.82, 2.24) is 15.3 Å². The van der Waals surface area contributed by atoms with E-state index >= 15 is 0 Å². The van der Waals surface area contributed by atoms with E-state index in [2.05, 4.69) is 26.3 Å². The van der Waals surface area contributed by atoms with Gasteiger partial charge < -0.3 is 18.7 Å². The van der Waals surface area contributed by atoms with E-state index < -0.39 is 27.1 Å². The van der Waals surface area contributed by atoms with Crippen LogP contribution in [0.25, 0.3) is 11.3 Å². The van der Waals surface area contributed by atoms with Crippen molar-refractivity contribution in [1.29, 1.82) is 0 Å². The highest BCUT2D eigenvalue weighted by Crippen LogP contribution is 2.58. The second kappa shape index (κ2) is 10.5. The van der Waals surface area contributed by atoms with Gasteiger partial charge in [0.2, 0.25) is 0 Å². The van der Waals surface area contributed by atoms with Crippen molar-refractivity contribution in [3.8, 4) is 11.3 Å². The van der Waals surface area contributed by atoms with E-state index in [0.29, 0.717) is 37.7 Å². The maximum Gasteiger partial charge on any atom is 0.322 e. The standard InChI is InChI=1S/C32H38F2N4O5S/c1-29(33,34)28-35-27(37-43-28)32-10-7-30(8-11-32,9-12-32)19-38(20-31(21-39)13-15-44(40,41)16-14-31)24-4-2-3-23(17-24)25-18-26(42-36-25)22-5-6-22/h2-4,17-18,21-22H,5-16,19-20H2,1H3. The first kappa shape index (κ1) is 29.6. The van der Waals surface area contributed by atoms with Gasteiger partial charge in [-0.3, -0.25) is 0 Å². The van der Waals surface area contributed by atoms with Gasteiger partial charge in [-0.2, -0.15) is 13.8 Å². The normalized spacial score (nSPS) is 27.7. The van der Waals surface area contributed by atoms with Crippen LogP contribution in [0.5, 0.6) is 0 Å². The highest BCUT2D eigenvalue weighted by Gasteiger charge is 2.53. The van der Waals surface area contributed by atoms with Crippen LogP contribution in [-0.2, 0) is 26.0 Å². The summed E-state index contributed by atoms with van der Waals surface area (Å²) in [6.45, 7) is 1.89. The SMILES string of the molecule is CC(F)(F)c1nc(C23CCC(CN(CC4(C=O)CCS(=O)(=O)CC4)c4cccc(-c5cc(C6CC6)on5)c4)(CC2)CC3)no1. The first-order valence-electron chi connectivity index (χ1n) is 15.6. The number of aldehydes is 1. The summed E-state index contributed by atoms with van der Waals surface area (Å²) in [5.41, 5.74) is 1.49. The van der Waals surface area contributed by atoms with Gasteiger partial charge >= 0.3 is 5.92 Å². The van der Waals surface area contributed by atoms with Gasteiger partial charge in [0.05, 0.1) is 11.5 Å². The predicted octanol–water partition coefficient (Wildman–Crippen LogP) is 6.21. The Balaban J connectivity index is 1.16. The Bertz CT molecular complexity index is 1620. The highest BCUT2D eigenvalue weighted by atomic mass is 32.2. The largest absolute Gasteiger partial charge is 0.370 e. The number of nitrogens with zero attached hydrogens (tertiary/aromatic N) is 4. The van der Waals surface area contributed by atoms with Gasteiger partial charge in [-0.05, 0) is 81.8 Å².